The zero-order valence-electron chi connectivity index (χ0n) is 12.3. The second-order valence-electron chi connectivity index (χ2n) is 5.57. The first-order valence-corrected chi connectivity index (χ1v) is 7.38. The number of carbonyl (C=O) groups is 2. The van der Waals surface area contributed by atoms with Crippen molar-refractivity contribution in [1.82, 2.24) is 4.90 Å². The van der Waals surface area contributed by atoms with E-state index in [9.17, 15) is 14.7 Å². The summed E-state index contributed by atoms with van der Waals surface area (Å²) in [4.78, 5) is 25.9. The van der Waals surface area contributed by atoms with Crippen molar-refractivity contribution in [3.63, 3.8) is 0 Å². The van der Waals surface area contributed by atoms with Crippen molar-refractivity contribution in [2.24, 2.45) is 5.73 Å². The first kappa shape index (κ1) is 15.5. The van der Waals surface area contributed by atoms with Gasteiger partial charge in [-0.25, -0.2) is 4.79 Å². The van der Waals surface area contributed by atoms with Crippen LogP contribution in [0.1, 0.15) is 44.2 Å². The minimum absolute atomic E-state index is 0.297. The van der Waals surface area contributed by atoms with Gasteiger partial charge in [-0.15, -0.1) is 0 Å². The van der Waals surface area contributed by atoms with Gasteiger partial charge in [-0.05, 0) is 24.8 Å². The van der Waals surface area contributed by atoms with E-state index in [-0.39, 0.29) is 5.91 Å². The highest BCUT2D eigenvalue weighted by atomic mass is 16.4. The van der Waals surface area contributed by atoms with Crippen LogP contribution in [0.2, 0.25) is 0 Å². The number of hydrogen-bond donors (Lipinski definition) is 2. The van der Waals surface area contributed by atoms with Gasteiger partial charge in [0, 0.05) is 6.54 Å². The molecule has 2 unspecified atom stereocenters. The Hall–Kier alpha value is -1.88. The number of rotatable bonds is 5. The lowest BCUT2D eigenvalue weighted by molar-refractivity contribution is -0.157. The lowest BCUT2D eigenvalue weighted by atomic mass is 9.90. The molecule has 1 aliphatic rings. The summed E-state index contributed by atoms with van der Waals surface area (Å²) < 4.78 is 0. The number of carboxylic acids is 1. The molecule has 2 rings (SSSR count). The van der Waals surface area contributed by atoms with E-state index in [4.69, 9.17) is 5.73 Å². The minimum Gasteiger partial charge on any atom is -0.479 e. The summed E-state index contributed by atoms with van der Waals surface area (Å²) in [5.74, 6) is -1.22. The van der Waals surface area contributed by atoms with E-state index in [0.717, 1.165) is 6.42 Å². The average molecular weight is 290 g/mol. The standard InChI is InChI=1S/C16H22N2O3/c1-2-9-16(15(20)21)10-6-11-18(16)14(19)13(17)12-7-4-3-5-8-12/h3-5,7-8,13H,2,6,9-11,17H2,1H3,(H,20,21). The smallest absolute Gasteiger partial charge is 0.329 e. The Morgan fingerprint density at radius 1 is 1.38 bits per heavy atom. The second kappa shape index (κ2) is 6.26. The van der Waals surface area contributed by atoms with E-state index in [1.165, 1.54) is 4.90 Å². The molecule has 114 valence electrons. The minimum atomic E-state index is -1.09. The van der Waals surface area contributed by atoms with Gasteiger partial charge in [-0.3, -0.25) is 4.79 Å². The van der Waals surface area contributed by atoms with Crippen molar-refractivity contribution < 1.29 is 14.7 Å². The monoisotopic (exact) mass is 290 g/mol. The molecular weight excluding hydrogens is 268 g/mol. The number of carboxylic acid groups (broad SMARTS) is 1. The maximum absolute atomic E-state index is 12.7. The van der Waals surface area contributed by atoms with Gasteiger partial charge in [0.05, 0.1) is 0 Å². The molecule has 3 N–H and O–H groups in total. The number of nitrogens with two attached hydrogens (primary N) is 1. The fourth-order valence-corrected chi connectivity index (χ4v) is 3.17. The van der Waals surface area contributed by atoms with Crippen LogP contribution in [0.15, 0.2) is 30.3 Å². The molecule has 0 spiro atoms. The highest BCUT2D eigenvalue weighted by Gasteiger charge is 2.50. The summed E-state index contributed by atoms with van der Waals surface area (Å²) in [7, 11) is 0. The summed E-state index contributed by atoms with van der Waals surface area (Å²) >= 11 is 0. The second-order valence-corrected chi connectivity index (χ2v) is 5.57. The maximum atomic E-state index is 12.7. The Morgan fingerprint density at radius 3 is 2.62 bits per heavy atom. The van der Waals surface area contributed by atoms with Crippen LogP contribution in [0, 0.1) is 0 Å². The van der Waals surface area contributed by atoms with Crippen LogP contribution in [0.5, 0.6) is 0 Å². The quantitative estimate of drug-likeness (QED) is 0.868. The fraction of sp³-hybridized carbons (Fsp3) is 0.500. The van der Waals surface area contributed by atoms with E-state index in [1.54, 1.807) is 12.1 Å². The Bertz CT molecular complexity index is 518. The SMILES string of the molecule is CCCC1(C(=O)O)CCCN1C(=O)C(N)c1ccccc1. The molecule has 0 aliphatic carbocycles. The molecule has 1 fully saturated rings. The van der Waals surface area contributed by atoms with E-state index >= 15 is 0 Å². The Labute approximate surface area is 124 Å². The van der Waals surface area contributed by atoms with Gasteiger partial charge in [0.2, 0.25) is 5.91 Å². The van der Waals surface area contributed by atoms with Crippen molar-refractivity contribution in [2.45, 2.75) is 44.2 Å². The van der Waals surface area contributed by atoms with Crippen LogP contribution in [0.3, 0.4) is 0 Å². The lowest BCUT2D eigenvalue weighted by Gasteiger charge is -2.36. The molecule has 5 nitrogen and oxygen atoms in total. The molecule has 1 aromatic rings. The summed E-state index contributed by atoms with van der Waals surface area (Å²) in [6.45, 7) is 2.40. The van der Waals surface area contributed by atoms with Crippen LogP contribution in [-0.2, 0) is 9.59 Å². The summed E-state index contributed by atoms with van der Waals surface area (Å²) in [5.41, 5.74) is 5.68. The van der Waals surface area contributed by atoms with E-state index in [2.05, 4.69) is 0 Å². The Balaban J connectivity index is 2.27. The van der Waals surface area contributed by atoms with Crippen LogP contribution in [0.25, 0.3) is 0 Å². The number of carbonyl (C=O) groups excluding carboxylic acids is 1. The van der Waals surface area contributed by atoms with Gasteiger partial charge in [0.25, 0.3) is 0 Å². The molecule has 1 aromatic carbocycles. The zero-order valence-corrected chi connectivity index (χ0v) is 12.3. The normalized spacial score (nSPS) is 23.0. The van der Waals surface area contributed by atoms with Crippen molar-refractivity contribution in [3.8, 4) is 0 Å². The van der Waals surface area contributed by atoms with Crippen LogP contribution < -0.4 is 5.73 Å². The molecule has 1 amide bonds. The third-order valence-electron chi connectivity index (χ3n) is 4.24. The average Bonchev–Trinajstić information content (AvgIpc) is 2.92. The molecule has 0 bridgehead atoms. The first-order valence-electron chi connectivity index (χ1n) is 7.38. The molecule has 21 heavy (non-hydrogen) atoms. The van der Waals surface area contributed by atoms with Crippen LogP contribution >= 0.6 is 0 Å². The van der Waals surface area contributed by atoms with Crippen LogP contribution in [0.4, 0.5) is 0 Å². The van der Waals surface area contributed by atoms with E-state index < -0.39 is 17.6 Å². The predicted octanol–water partition coefficient (Wildman–Crippen LogP) is 1.93. The first-order chi connectivity index (χ1) is 10.0. The van der Waals surface area contributed by atoms with Gasteiger partial charge in [0.15, 0.2) is 0 Å². The third-order valence-corrected chi connectivity index (χ3v) is 4.24. The van der Waals surface area contributed by atoms with E-state index in [1.807, 2.05) is 25.1 Å². The van der Waals surface area contributed by atoms with Gasteiger partial charge in [-0.2, -0.15) is 0 Å². The molecule has 5 heteroatoms. The molecule has 0 radical (unpaired) electrons. The third kappa shape index (κ3) is 2.78. The number of amides is 1. The summed E-state index contributed by atoms with van der Waals surface area (Å²) in [5, 5.41) is 9.63. The number of benzene rings is 1. The molecule has 0 aromatic heterocycles. The van der Waals surface area contributed by atoms with Gasteiger partial charge in [0.1, 0.15) is 11.6 Å². The summed E-state index contributed by atoms with van der Waals surface area (Å²) in [6, 6.07) is 8.28. The molecular formula is C16H22N2O3. The van der Waals surface area contributed by atoms with Crippen molar-refractivity contribution >= 4 is 11.9 Å². The molecule has 0 saturated carbocycles. The molecule has 1 saturated heterocycles. The Kier molecular flexibility index (Phi) is 4.63. The van der Waals surface area contributed by atoms with Gasteiger partial charge < -0.3 is 15.7 Å². The van der Waals surface area contributed by atoms with Gasteiger partial charge >= 0.3 is 5.97 Å². The van der Waals surface area contributed by atoms with Crippen LogP contribution in [-0.4, -0.2) is 34.0 Å². The Morgan fingerprint density at radius 2 is 2.05 bits per heavy atom. The molecule has 1 aliphatic heterocycles. The summed E-state index contributed by atoms with van der Waals surface area (Å²) in [6.07, 6.45) is 2.40. The van der Waals surface area contributed by atoms with Crippen molar-refractivity contribution in [2.75, 3.05) is 6.54 Å². The van der Waals surface area contributed by atoms with E-state index in [0.29, 0.717) is 31.4 Å². The maximum Gasteiger partial charge on any atom is 0.329 e. The fourth-order valence-electron chi connectivity index (χ4n) is 3.17. The van der Waals surface area contributed by atoms with Crippen molar-refractivity contribution in [1.29, 1.82) is 0 Å². The number of hydrogen-bond acceptors (Lipinski definition) is 3. The highest BCUT2D eigenvalue weighted by molar-refractivity contribution is 5.90. The largest absolute Gasteiger partial charge is 0.479 e. The predicted molar refractivity (Wildman–Crippen MR) is 79.6 cm³/mol. The van der Waals surface area contributed by atoms with Crippen molar-refractivity contribution in [3.05, 3.63) is 35.9 Å². The molecule has 1 heterocycles. The number of nitrogens with zero attached hydrogens (tertiary/aromatic N) is 1. The zero-order chi connectivity index (χ0) is 15.5. The topological polar surface area (TPSA) is 83.6 Å². The number of aliphatic carboxylic acids is 1. The van der Waals surface area contributed by atoms with Gasteiger partial charge in [-0.1, -0.05) is 43.7 Å². The number of likely N-dealkylation sites (tertiary alicyclic amines) is 1. The highest BCUT2D eigenvalue weighted by Crippen LogP contribution is 2.35. The molecule has 2 atom stereocenters. The lowest BCUT2D eigenvalue weighted by Crippen LogP contribution is -2.55.